The van der Waals surface area contributed by atoms with Crippen molar-refractivity contribution < 1.29 is 0 Å². The van der Waals surface area contributed by atoms with Crippen LogP contribution in [0.3, 0.4) is 0 Å². The molecule has 8 aromatic rings. The molecule has 0 aromatic heterocycles. The number of aryl methyl sites for hydroxylation is 2. The monoisotopic (exact) mass is 651 g/mol. The van der Waals surface area contributed by atoms with E-state index in [0.717, 1.165) is 12.8 Å². The summed E-state index contributed by atoms with van der Waals surface area (Å²) in [5, 5.41) is 7.94. The van der Waals surface area contributed by atoms with Crippen LogP contribution in [0, 0.1) is 13.8 Å². The van der Waals surface area contributed by atoms with Crippen molar-refractivity contribution in [3.8, 4) is 22.3 Å². The first-order valence-electron chi connectivity index (χ1n) is 18.1. The normalized spacial score (nSPS) is 13.6. The second-order valence-corrected chi connectivity index (χ2v) is 14.2. The molecule has 0 aliphatic heterocycles. The Hall–Kier alpha value is -6.18. The lowest BCUT2D eigenvalue weighted by Crippen LogP contribution is -2.18. The predicted octanol–water partition coefficient (Wildman–Crippen LogP) is 13.8. The molecule has 1 nitrogen and oxygen atoms in total. The van der Waals surface area contributed by atoms with Gasteiger partial charge in [0.2, 0.25) is 0 Å². The summed E-state index contributed by atoms with van der Waals surface area (Å²) in [6.07, 6.45) is 4.46. The summed E-state index contributed by atoms with van der Waals surface area (Å²) >= 11 is 0. The third kappa shape index (κ3) is 4.84. The fraction of sp³-hybridized carbons (Fsp3) is 0.0800. The molecule has 0 saturated heterocycles. The Labute approximate surface area is 299 Å². The molecule has 0 N–H and O–H groups in total. The van der Waals surface area contributed by atoms with Crippen molar-refractivity contribution in [3.05, 3.63) is 192 Å². The lowest BCUT2D eigenvalue weighted by Gasteiger charge is -2.31. The second kappa shape index (κ2) is 11.7. The van der Waals surface area contributed by atoms with E-state index in [4.69, 9.17) is 0 Å². The molecule has 8 aromatic carbocycles. The summed E-state index contributed by atoms with van der Waals surface area (Å²) in [7, 11) is 0. The van der Waals surface area contributed by atoms with E-state index in [1.165, 1.54) is 105 Å². The Balaban J connectivity index is 1.12. The minimum atomic E-state index is 0.975. The largest absolute Gasteiger partial charge is 0.314 e. The van der Waals surface area contributed by atoms with Crippen LogP contribution in [-0.4, -0.2) is 0 Å². The predicted molar refractivity (Wildman–Crippen MR) is 218 cm³/mol. The van der Waals surface area contributed by atoms with E-state index in [-0.39, 0.29) is 0 Å². The van der Waals surface area contributed by atoms with E-state index < -0.39 is 0 Å². The highest BCUT2D eigenvalue weighted by atomic mass is 15.1. The van der Waals surface area contributed by atoms with Gasteiger partial charge < -0.3 is 4.90 Å². The number of benzene rings is 8. The Morgan fingerprint density at radius 3 is 1.75 bits per heavy atom. The molecule has 0 atom stereocenters. The van der Waals surface area contributed by atoms with Gasteiger partial charge in [-0.05, 0) is 140 Å². The molecule has 0 radical (unpaired) electrons. The van der Waals surface area contributed by atoms with E-state index in [1.54, 1.807) is 0 Å². The molecule has 0 fully saturated rings. The van der Waals surface area contributed by atoms with Crippen molar-refractivity contribution in [1.29, 1.82) is 0 Å². The second-order valence-electron chi connectivity index (χ2n) is 14.2. The molecule has 1 heteroatoms. The number of anilines is 2. The number of allylic oxidation sites excluding steroid dienone is 4. The molecule has 0 unspecified atom stereocenters. The van der Waals surface area contributed by atoms with Crippen LogP contribution < -0.4 is 4.90 Å². The maximum Gasteiger partial charge on any atom is 0.0458 e. The number of nitrogens with zero attached hydrogens (tertiary/aromatic N) is 1. The molecule has 0 heterocycles. The molecule has 10 rings (SSSR count). The smallest absolute Gasteiger partial charge is 0.0458 e. The molecule has 51 heavy (non-hydrogen) atoms. The number of hydrogen-bond donors (Lipinski definition) is 0. The van der Waals surface area contributed by atoms with Gasteiger partial charge in [0.1, 0.15) is 0 Å². The highest BCUT2D eigenvalue weighted by molar-refractivity contribution is 6.27. The van der Waals surface area contributed by atoms with Gasteiger partial charge in [-0.2, -0.15) is 0 Å². The molecule has 2 aliphatic rings. The lowest BCUT2D eigenvalue weighted by molar-refractivity contribution is 0.936. The number of hydrogen-bond acceptors (Lipinski definition) is 1. The van der Waals surface area contributed by atoms with Crippen molar-refractivity contribution in [1.82, 2.24) is 0 Å². The van der Waals surface area contributed by atoms with Gasteiger partial charge >= 0.3 is 0 Å². The van der Waals surface area contributed by atoms with Crippen LogP contribution in [0.25, 0.3) is 65.7 Å². The van der Waals surface area contributed by atoms with E-state index in [1.807, 2.05) is 0 Å². The molecule has 0 amide bonds. The summed E-state index contributed by atoms with van der Waals surface area (Å²) in [6, 6.07) is 58.5. The minimum absolute atomic E-state index is 0.975. The fourth-order valence-electron chi connectivity index (χ4n) is 8.53. The number of fused-ring (bicyclic) bond motifs is 5. The molecular weight excluding hydrogens is 615 g/mol. The maximum atomic E-state index is 2.49. The van der Waals surface area contributed by atoms with Crippen LogP contribution in [0.2, 0.25) is 0 Å². The molecule has 0 spiro atoms. The highest BCUT2D eigenvalue weighted by Gasteiger charge is 2.31. The van der Waals surface area contributed by atoms with Gasteiger partial charge in [0.05, 0.1) is 0 Å². The van der Waals surface area contributed by atoms with Gasteiger partial charge in [0, 0.05) is 17.1 Å². The van der Waals surface area contributed by atoms with E-state index in [2.05, 4.69) is 183 Å². The zero-order chi connectivity index (χ0) is 34.1. The van der Waals surface area contributed by atoms with Gasteiger partial charge in [0.15, 0.2) is 0 Å². The standard InChI is InChI=1S/C50H37N/c1-32-14-24-39(25-15-32)51(40-26-16-33(2)17-27-40)41-28-29-45-47(31-41)44-12-7-13-46-48(42-10-5-6-11-43(42)49(45)50(44)46)36-21-18-35(19-22-36)38-23-20-34-8-3-4-9-37(34)30-38/h3-27,30-31H,28-29H2,1-2H3. The summed E-state index contributed by atoms with van der Waals surface area (Å²) in [4.78, 5) is 2.46. The quantitative estimate of drug-likeness (QED) is 0.167. The van der Waals surface area contributed by atoms with E-state index >= 15 is 0 Å². The van der Waals surface area contributed by atoms with Gasteiger partial charge in [-0.3, -0.25) is 0 Å². The van der Waals surface area contributed by atoms with E-state index in [9.17, 15) is 0 Å². The Kier molecular flexibility index (Phi) is 6.82. The van der Waals surface area contributed by atoms with Crippen LogP contribution in [0.4, 0.5) is 11.4 Å². The third-order valence-corrected chi connectivity index (χ3v) is 11.0. The zero-order valence-corrected chi connectivity index (χ0v) is 28.9. The summed E-state index contributed by atoms with van der Waals surface area (Å²) in [6.45, 7) is 4.32. The van der Waals surface area contributed by atoms with Crippen molar-refractivity contribution in [2.24, 2.45) is 0 Å². The first kappa shape index (κ1) is 29.7. The molecule has 0 bridgehead atoms. The minimum Gasteiger partial charge on any atom is -0.314 e. The van der Waals surface area contributed by atoms with Gasteiger partial charge in [0.25, 0.3) is 0 Å². The first-order chi connectivity index (χ1) is 25.1. The first-order valence-corrected chi connectivity index (χ1v) is 18.1. The number of rotatable bonds is 5. The van der Waals surface area contributed by atoms with Crippen molar-refractivity contribution in [3.63, 3.8) is 0 Å². The topological polar surface area (TPSA) is 3.24 Å². The molecular formula is C50H37N. The van der Waals surface area contributed by atoms with Gasteiger partial charge in [-0.1, -0.05) is 139 Å². The van der Waals surface area contributed by atoms with Crippen LogP contribution in [0.5, 0.6) is 0 Å². The average Bonchev–Trinajstić information content (AvgIpc) is 3.51. The maximum absolute atomic E-state index is 2.49. The third-order valence-electron chi connectivity index (χ3n) is 11.0. The van der Waals surface area contributed by atoms with Crippen LogP contribution >= 0.6 is 0 Å². The summed E-state index contributed by atoms with van der Waals surface area (Å²) in [5.74, 6) is 0. The summed E-state index contributed by atoms with van der Waals surface area (Å²) in [5.41, 5.74) is 17.0. The fourth-order valence-corrected chi connectivity index (χ4v) is 8.53. The zero-order valence-electron chi connectivity index (χ0n) is 28.9. The van der Waals surface area contributed by atoms with E-state index in [0.29, 0.717) is 0 Å². The van der Waals surface area contributed by atoms with Crippen LogP contribution in [0.1, 0.15) is 35.1 Å². The molecule has 242 valence electrons. The van der Waals surface area contributed by atoms with Crippen molar-refractivity contribution in [2.75, 3.05) is 4.90 Å². The van der Waals surface area contributed by atoms with Gasteiger partial charge in [-0.25, -0.2) is 0 Å². The molecule has 2 aliphatic carbocycles. The SMILES string of the molecule is Cc1ccc(N(C2=CC3=C(CC2)c2c4ccccc4c(-c4ccc(-c5ccc6ccccc6c5)cc4)c4cccc3c24)c2ccc(C)cc2)cc1. The Morgan fingerprint density at radius 1 is 0.451 bits per heavy atom. The Morgan fingerprint density at radius 2 is 1.04 bits per heavy atom. The van der Waals surface area contributed by atoms with Crippen molar-refractivity contribution >= 4 is 54.8 Å². The van der Waals surface area contributed by atoms with Crippen molar-refractivity contribution in [2.45, 2.75) is 26.7 Å². The lowest BCUT2D eigenvalue weighted by atomic mass is 9.86. The van der Waals surface area contributed by atoms with Crippen LogP contribution in [-0.2, 0) is 0 Å². The molecule has 0 saturated carbocycles. The van der Waals surface area contributed by atoms with Gasteiger partial charge in [-0.15, -0.1) is 0 Å². The summed E-state index contributed by atoms with van der Waals surface area (Å²) < 4.78 is 0. The highest BCUT2D eigenvalue weighted by Crippen LogP contribution is 2.54. The average molecular weight is 652 g/mol. The Bertz CT molecular complexity index is 2680. The van der Waals surface area contributed by atoms with Crippen LogP contribution in [0.15, 0.2) is 169 Å².